The molecule has 0 aromatic carbocycles. The largest absolute Gasteiger partial charge is 0.316 e. The van der Waals surface area contributed by atoms with Gasteiger partial charge < -0.3 is 10.1 Å². The summed E-state index contributed by atoms with van der Waals surface area (Å²) in [5.41, 5.74) is 3.29. The smallest absolute Gasteiger partial charge is 0.124 e. The standard InChI is InChI=1S/C12H18N2O/c1-9(2)12-11(5-7-15)10(8-13-3)4-6-14-12/h4,6-7,9,13H,5,8H2,1-3H3. The normalized spacial score (nSPS) is 10.7. The summed E-state index contributed by atoms with van der Waals surface area (Å²) in [7, 11) is 1.90. The van der Waals surface area contributed by atoms with E-state index in [9.17, 15) is 4.79 Å². The molecule has 0 amide bonds. The molecule has 15 heavy (non-hydrogen) atoms. The van der Waals surface area contributed by atoms with Crippen molar-refractivity contribution in [3.05, 3.63) is 29.1 Å². The maximum absolute atomic E-state index is 10.7. The van der Waals surface area contributed by atoms with E-state index in [-0.39, 0.29) is 0 Å². The monoisotopic (exact) mass is 206 g/mol. The zero-order chi connectivity index (χ0) is 11.3. The van der Waals surface area contributed by atoms with Gasteiger partial charge in [-0.15, -0.1) is 0 Å². The van der Waals surface area contributed by atoms with Gasteiger partial charge in [0.15, 0.2) is 0 Å². The van der Waals surface area contributed by atoms with Gasteiger partial charge in [0.05, 0.1) is 0 Å². The van der Waals surface area contributed by atoms with E-state index < -0.39 is 0 Å². The molecule has 1 aromatic heterocycles. The van der Waals surface area contributed by atoms with E-state index >= 15 is 0 Å². The summed E-state index contributed by atoms with van der Waals surface area (Å²) in [4.78, 5) is 15.0. The molecule has 0 atom stereocenters. The van der Waals surface area contributed by atoms with Crippen LogP contribution in [0.4, 0.5) is 0 Å². The van der Waals surface area contributed by atoms with Gasteiger partial charge in [-0.05, 0) is 30.2 Å². The number of nitrogens with one attached hydrogen (secondary N) is 1. The summed E-state index contributed by atoms with van der Waals surface area (Å²) in [6, 6.07) is 1.97. The lowest BCUT2D eigenvalue weighted by atomic mass is 9.97. The van der Waals surface area contributed by atoms with Gasteiger partial charge in [0.2, 0.25) is 0 Å². The summed E-state index contributed by atoms with van der Waals surface area (Å²) in [6.07, 6.45) is 3.22. The van der Waals surface area contributed by atoms with Crippen LogP contribution in [0.15, 0.2) is 12.3 Å². The van der Waals surface area contributed by atoms with Crippen LogP contribution in [0, 0.1) is 0 Å². The van der Waals surface area contributed by atoms with E-state index in [4.69, 9.17) is 0 Å². The number of aldehydes is 1. The second-order valence-corrected chi connectivity index (χ2v) is 3.89. The summed E-state index contributed by atoms with van der Waals surface area (Å²) in [5, 5.41) is 3.11. The molecule has 82 valence electrons. The van der Waals surface area contributed by atoms with Crippen LogP contribution < -0.4 is 5.32 Å². The lowest BCUT2D eigenvalue weighted by Crippen LogP contribution is -2.11. The summed E-state index contributed by atoms with van der Waals surface area (Å²) < 4.78 is 0. The second kappa shape index (κ2) is 5.61. The van der Waals surface area contributed by atoms with Crippen molar-refractivity contribution < 1.29 is 4.79 Å². The molecule has 0 saturated heterocycles. The van der Waals surface area contributed by atoms with Crippen molar-refractivity contribution in [2.75, 3.05) is 7.05 Å². The number of aromatic nitrogens is 1. The van der Waals surface area contributed by atoms with E-state index in [1.165, 1.54) is 5.56 Å². The van der Waals surface area contributed by atoms with Gasteiger partial charge in [-0.25, -0.2) is 0 Å². The Hall–Kier alpha value is -1.22. The first-order chi connectivity index (χ1) is 7.20. The summed E-state index contributed by atoms with van der Waals surface area (Å²) in [6.45, 7) is 4.98. The molecule has 1 rings (SSSR count). The third-order valence-electron chi connectivity index (χ3n) is 2.39. The van der Waals surface area contributed by atoms with Crippen LogP contribution in [-0.2, 0) is 17.8 Å². The molecule has 1 N–H and O–H groups in total. The van der Waals surface area contributed by atoms with Crippen LogP contribution in [0.2, 0.25) is 0 Å². The van der Waals surface area contributed by atoms with Crippen molar-refractivity contribution in [1.82, 2.24) is 10.3 Å². The minimum atomic E-state index is 0.358. The van der Waals surface area contributed by atoms with Crippen molar-refractivity contribution >= 4 is 6.29 Å². The number of hydrogen-bond donors (Lipinski definition) is 1. The van der Waals surface area contributed by atoms with Crippen molar-refractivity contribution in [3.8, 4) is 0 Å². The van der Waals surface area contributed by atoms with Crippen LogP contribution in [0.5, 0.6) is 0 Å². The zero-order valence-electron chi connectivity index (χ0n) is 9.58. The highest BCUT2D eigenvalue weighted by Crippen LogP contribution is 2.20. The van der Waals surface area contributed by atoms with Gasteiger partial charge in [0.1, 0.15) is 6.29 Å². The lowest BCUT2D eigenvalue weighted by Gasteiger charge is -2.14. The van der Waals surface area contributed by atoms with E-state index in [1.54, 1.807) is 0 Å². The highest BCUT2D eigenvalue weighted by molar-refractivity contribution is 5.57. The predicted octanol–water partition coefficient (Wildman–Crippen LogP) is 1.67. The second-order valence-electron chi connectivity index (χ2n) is 3.89. The Labute approximate surface area is 90.9 Å². The molecule has 0 spiro atoms. The Bertz CT molecular complexity index is 334. The minimum absolute atomic E-state index is 0.358. The first kappa shape index (κ1) is 11.9. The quantitative estimate of drug-likeness (QED) is 0.745. The van der Waals surface area contributed by atoms with E-state index in [2.05, 4.69) is 24.1 Å². The Morgan fingerprint density at radius 3 is 2.80 bits per heavy atom. The number of carbonyl (C=O) groups is 1. The molecule has 0 aliphatic rings. The fourth-order valence-electron chi connectivity index (χ4n) is 1.72. The van der Waals surface area contributed by atoms with Gasteiger partial charge >= 0.3 is 0 Å². The molecule has 0 aliphatic carbocycles. The summed E-state index contributed by atoms with van der Waals surface area (Å²) >= 11 is 0. The average molecular weight is 206 g/mol. The molecule has 0 aliphatic heterocycles. The molecule has 0 radical (unpaired) electrons. The van der Waals surface area contributed by atoms with Gasteiger partial charge in [-0.2, -0.15) is 0 Å². The van der Waals surface area contributed by atoms with Crippen LogP contribution in [0.3, 0.4) is 0 Å². The molecule has 0 unspecified atom stereocenters. The topological polar surface area (TPSA) is 42.0 Å². The molecule has 1 heterocycles. The number of pyridine rings is 1. The van der Waals surface area contributed by atoms with E-state index in [1.807, 2.05) is 19.3 Å². The van der Waals surface area contributed by atoms with E-state index in [0.717, 1.165) is 24.1 Å². The number of hydrogen-bond acceptors (Lipinski definition) is 3. The third-order valence-corrected chi connectivity index (χ3v) is 2.39. The van der Waals surface area contributed by atoms with Crippen LogP contribution in [0.25, 0.3) is 0 Å². The summed E-state index contributed by atoms with van der Waals surface area (Å²) in [5.74, 6) is 0.358. The SMILES string of the molecule is CNCc1ccnc(C(C)C)c1CC=O. The van der Waals surface area contributed by atoms with Crippen LogP contribution in [-0.4, -0.2) is 18.3 Å². The first-order valence-electron chi connectivity index (χ1n) is 5.25. The molecule has 0 fully saturated rings. The zero-order valence-corrected chi connectivity index (χ0v) is 9.58. The number of nitrogens with zero attached hydrogens (tertiary/aromatic N) is 1. The molecule has 3 nitrogen and oxygen atoms in total. The lowest BCUT2D eigenvalue weighted by molar-refractivity contribution is -0.107. The molecule has 1 aromatic rings. The Morgan fingerprint density at radius 1 is 1.53 bits per heavy atom. The van der Waals surface area contributed by atoms with Gasteiger partial charge in [-0.1, -0.05) is 13.8 Å². The van der Waals surface area contributed by atoms with Crippen molar-refractivity contribution in [2.24, 2.45) is 0 Å². The predicted molar refractivity (Wildman–Crippen MR) is 60.9 cm³/mol. The van der Waals surface area contributed by atoms with Crippen molar-refractivity contribution in [3.63, 3.8) is 0 Å². The average Bonchev–Trinajstić information content (AvgIpc) is 2.21. The van der Waals surface area contributed by atoms with Crippen molar-refractivity contribution in [1.29, 1.82) is 0 Å². The van der Waals surface area contributed by atoms with Crippen molar-refractivity contribution in [2.45, 2.75) is 32.7 Å². The molecule has 3 heteroatoms. The Kier molecular flexibility index (Phi) is 4.43. The Balaban J connectivity index is 3.14. The molecular weight excluding hydrogens is 188 g/mol. The molecular formula is C12H18N2O. The molecule has 0 bridgehead atoms. The van der Waals surface area contributed by atoms with Crippen LogP contribution in [0.1, 0.15) is 36.6 Å². The van der Waals surface area contributed by atoms with Gasteiger partial charge in [-0.3, -0.25) is 4.98 Å². The number of carbonyl (C=O) groups excluding carboxylic acids is 1. The number of rotatable bonds is 5. The maximum atomic E-state index is 10.7. The Morgan fingerprint density at radius 2 is 2.27 bits per heavy atom. The maximum Gasteiger partial charge on any atom is 0.124 e. The van der Waals surface area contributed by atoms with Crippen LogP contribution >= 0.6 is 0 Å². The highest BCUT2D eigenvalue weighted by atomic mass is 16.1. The van der Waals surface area contributed by atoms with Gasteiger partial charge in [0.25, 0.3) is 0 Å². The first-order valence-corrected chi connectivity index (χ1v) is 5.25. The minimum Gasteiger partial charge on any atom is -0.316 e. The van der Waals surface area contributed by atoms with E-state index in [0.29, 0.717) is 12.3 Å². The van der Waals surface area contributed by atoms with Gasteiger partial charge in [0, 0.05) is 24.9 Å². The molecule has 0 saturated carbocycles. The highest BCUT2D eigenvalue weighted by Gasteiger charge is 2.11. The third kappa shape index (κ3) is 2.86. The fourth-order valence-corrected chi connectivity index (χ4v) is 1.72. The fraction of sp³-hybridized carbons (Fsp3) is 0.500.